The fraction of sp³-hybridized carbons (Fsp3) is 0.500. The summed E-state index contributed by atoms with van der Waals surface area (Å²) in [6.45, 7) is 8.49. The monoisotopic (exact) mass is 403 g/mol. The number of benzene rings is 1. The second-order valence-corrected chi connectivity index (χ2v) is 8.32. The second kappa shape index (κ2) is 9.73. The normalized spacial score (nSPS) is 11.2. The average Bonchev–Trinajstić information content (AvgIpc) is 2.97. The molecule has 3 N–H and O–H groups in total. The molecule has 0 atom stereocenters. The molecule has 0 unspecified atom stereocenters. The molecule has 2 amide bonds. The lowest BCUT2D eigenvalue weighted by molar-refractivity contribution is -0.118. The van der Waals surface area contributed by atoms with Crippen LogP contribution in [0.4, 0.5) is 5.69 Å². The van der Waals surface area contributed by atoms with Crippen molar-refractivity contribution in [1.82, 2.24) is 14.8 Å². The summed E-state index contributed by atoms with van der Waals surface area (Å²) in [6.07, 6.45) is 0.659. The molecule has 28 heavy (non-hydrogen) atoms. The van der Waals surface area contributed by atoms with Gasteiger partial charge in [0.05, 0.1) is 5.75 Å². The summed E-state index contributed by atoms with van der Waals surface area (Å²) < 4.78 is 1.79. The van der Waals surface area contributed by atoms with E-state index in [1.165, 1.54) is 11.8 Å². The minimum absolute atomic E-state index is 0.0818. The van der Waals surface area contributed by atoms with Crippen molar-refractivity contribution in [3.8, 4) is 0 Å². The molecule has 1 aromatic carbocycles. The first-order valence-electron chi connectivity index (χ1n) is 9.42. The summed E-state index contributed by atoms with van der Waals surface area (Å²) in [5.41, 5.74) is 8.37. The standard InChI is InChI=1S/C20H29N5O2S/c1-12(2)14-7-6-8-15(13(3)4)19(14)22-18(27)11-28-20-24-23-17(25(20)5)10-9-16(21)26/h6-8,12-13H,9-11H2,1-5H3,(H2,21,26)(H,22,27). The van der Waals surface area contributed by atoms with Gasteiger partial charge in [-0.25, -0.2) is 0 Å². The molecule has 8 heteroatoms. The smallest absolute Gasteiger partial charge is 0.234 e. The first kappa shape index (κ1) is 21.9. The Balaban J connectivity index is 2.07. The molecule has 1 heterocycles. The number of anilines is 1. The van der Waals surface area contributed by atoms with Crippen LogP contribution in [0.1, 0.15) is 62.9 Å². The van der Waals surface area contributed by atoms with Crippen LogP contribution >= 0.6 is 11.8 Å². The first-order valence-corrected chi connectivity index (χ1v) is 10.4. The fourth-order valence-electron chi connectivity index (χ4n) is 2.92. The molecule has 0 radical (unpaired) electrons. The van der Waals surface area contributed by atoms with Gasteiger partial charge in [0.25, 0.3) is 0 Å². The van der Waals surface area contributed by atoms with Crippen LogP contribution in [-0.2, 0) is 23.1 Å². The van der Waals surface area contributed by atoms with E-state index < -0.39 is 0 Å². The topological polar surface area (TPSA) is 103 Å². The SMILES string of the molecule is CC(C)c1cccc(C(C)C)c1NC(=O)CSc1nnc(CCC(N)=O)n1C. The number of aryl methyl sites for hydroxylation is 1. The number of carbonyl (C=O) groups is 2. The number of carbonyl (C=O) groups excluding carboxylic acids is 2. The van der Waals surface area contributed by atoms with Gasteiger partial charge < -0.3 is 15.6 Å². The van der Waals surface area contributed by atoms with Gasteiger partial charge in [-0.15, -0.1) is 10.2 Å². The van der Waals surface area contributed by atoms with Gasteiger partial charge in [-0.3, -0.25) is 9.59 Å². The van der Waals surface area contributed by atoms with Gasteiger partial charge in [-0.2, -0.15) is 0 Å². The maximum absolute atomic E-state index is 12.6. The van der Waals surface area contributed by atoms with Crippen molar-refractivity contribution >= 4 is 29.3 Å². The maximum atomic E-state index is 12.6. The summed E-state index contributed by atoms with van der Waals surface area (Å²) in [4.78, 5) is 23.6. The van der Waals surface area contributed by atoms with Crippen molar-refractivity contribution in [1.29, 1.82) is 0 Å². The van der Waals surface area contributed by atoms with Crippen LogP contribution < -0.4 is 11.1 Å². The lowest BCUT2D eigenvalue weighted by Crippen LogP contribution is -2.18. The van der Waals surface area contributed by atoms with Gasteiger partial charge in [-0.05, 0) is 23.0 Å². The zero-order valence-electron chi connectivity index (χ0n) is 17.2. The molecular formula is C20H29N5O2S. The summed E-state index contributed by atoms with van der Waals surface area (Å²) in [5, 5.41) is 11.9. The summed E-state index contributed by atoms with van der Waals surface area (Å²) in [6, 6.07) is 6.17. The third-order valence-electron chi connectivity index (χ3n) is 4.49. The Morgan fingerprint density at radius 3 is 2.29 bits per heavy atom. The summed E-state index contributed by atoms with van der Waals surface area (Å²) >= 11 is 1.32. The molecule has 0 aliphatic rings. The largest absolute Gasteiger partial charge is 0.370 e. The van der Waals surface area contributed by atoms with Crippen LogP contribution in [0.5, 0.6) is 0 Å². The number of nitrogens with one attached hydrogen (secondary N) is 1. The van der Waals surface area contributed by atoms with E-state index in [9.17, 15) is 9.59 Å². The van der Waals surface area contributed by atoms with E-state index in [2.05, 4.69) is 55.3 Å². The van der Waals surface area contributed by atoms with E-state index in [0.29, 0.717) is 29.2 Å². The highest BCUT2D eigenvalue weighted by molar-refractivity contribution is 7.99. The predicted octanol–water partition coefficient (Wildman–Crippen LogP) is 3.21. The third-order valence-corrected chi connectivity index (χ3v) is 5.51. The van der Waals surface area contributed by atoms with Crippen molar-refractivity contribution in [3.05, 3.63) is 35.2 Å². The predicted molar refractivity (Wildman–Crippen MR) is 112 cm³/mol. The van der Waals surface area contributed by atoms with Gasteiger partial charge in [0.2, 0.25) is 11.8 Å². The number of hydrogen-bond acceptors (Lipinski definition) is 5. The van der Waals surface area contributed by atoms with Crippen molar-refractivity contribution < 1.29 is 9.59 Å². The Morgan fingerprint density at radius 2 is 1.75 bits per heavy atom. The molecular weight excluding hydrogens is 374 g/mol. The Kier molecular flexibility index (Phi) is 7.62. The molecule has 0 spiro atoms. The fourth-order valence-corrected chi connectivity index (χ4v) is 3.65. The van der Waals surface area contributed by atoms with E-state index in [1.54, 1.807) is 4.57 Å². The number of thioether (sulfide) groups is 1. The van der Waals surface area contributed by atoms with Crippen LogP contribution in [0, 0.1) is 0 Å². The average molecular weight is 404 g/mol. The van der Waals surface area contributed by atoms with E-state index in [0.717, 1.165) is 16.8 Å². The molecule has 0 aliphatic heterocycles. The van der Waals surface area contributed by atoms with E-state index in [4.69, 9.17) is 5.73 Å². The first-order chi connectivity index (χ1) is 13.2. The van der Waals surface area contributed by atoms with E-state index >= 15 is 0 Å². The van der Waals surface area contributed by atoms with Crippen molar-refractivity contribution in [2.75, 3.05) is 11.1 Å². The van der Waals surface area contributed by atoms with Crippen LogP contribution in [0.2, 0.25) is 0 Å². The van der Waals surface area contributed by atoms with Crippen LogP contribution in [-0.4, -0.2) is 32.3 Å². The lowest BCUT2D eigenvalue weighted by atomic mass is 9.92. The van der Waals surface area contributed by atoms with Gasteiger partial charge >= 0.3 is 0 Å². The van der Waals surface area contributed by atoms with Crippen LogP contribution in [0.15, 0.2) is 23.4 Å². The Bertz CT molecular complexity index is 819. The molecule has 1 aromatic heterocycles. The van der Waals surface area contributed by atoms with Gasteiger partial charge in [0.1, 0.15) is 5.82 Å². The highest BCUT2D eigenvalue weighted by Gasteiger charge is 2.17. The second-order valence-electron chi connectivity index (χ2n) is 7.38. The molecule has 0 saturated heterocycles. The Morgan fingerprint density at radius 1 is 1.14 bits per heavy atom. The van der Waals surface area contributed by atoms with Crippen molar-refractivity contribution in [2.45, 2.75) is 57.5 Å². The Labute approximate surface area is 170 Å². The molecule has 0 saturated carbocycles. The zero-order valence-corrected chi connectivity index (χ0v) is 18.0. The molecule has 2 rings (SSSR count). The molecule has 152 valence electrons. The number of nitrogens with zero attached hydrogens (tertiary/aromatic N) is 3. The van der Waals surface area contributed by atoms with Gasteiger partial charge in [-0.1, -0.05) is 57.7 Å². The number of rotatable bonds is 9. The number of para-hydroxylation sites is 1. The highest BCUT2D eigenvalue weighted by atomic mass is 32.2. The van der Waals surface area contributed by atoms with E-state index in [-0.39, 0.29) is 24.0 Å². The number of nitrogens with two attached hydrogens (primary N) is 1. The molecule has 0 bridgehead atoms. The van der Waals surface area contributed by atoms with Crippen molar-refractivity contribution in [2.24, 2.45) is 12.8 Å². The zero-order chi connectivity index (χ0) is 20.8. The molecule has 0 aliphatic carbocycles. The van der Waals surface area contributed by atoms with Crippen LogP contribution in [0.25, 0.3) is 0 Å². The quantitative estimate of drug-likeness (QED) is 0.626. The number of hydrogen-bond donors (Lipinski definition) is 2. The Hall–Kier alpha value is -2.35. The molecule has 7 nitrogen and oxygen atoms in total. The van der Waals surface area contributed by atoms with Gasteiger partial charge in [0.15, 0.2) is 5.16 Å². The minimum Gasteiger partial charge on any atom is -0.370 e. The van der Waals surface area contributed by atoms with Crippen molar-refractivity contribution in [3.63, 3.8) is 0 Å². The number of amides is 2. The maximum Gasteiger partial charge on any atom is 0.234 e. The molecule has 2 aromatic rings. The summed E-state index contributed by atoms with van der Waals surface area (Å²) in [7, 11) is 1.82. The summed E-state index contributed by atoms with van der Waals surface area (Å²) in [5.74, 6) is 1.07. The van der Waals surface area contributed by atoms with E-state index in [1.807, 2.05) is 13.1 Å². The molecule has 0 fully saturated rings. The van der Waals surface area contributed by atoms with Gasteiger partial charge in [0, 0.05) is 25.6 Å². The highest BCUT2D eigenvalue weighted by Crippen LogP contribution is 2.32. The lowest BCUT2D eigenvalue weighted by Gasteiger charge is -2.20. The third kappa shape index (κ3) is 5.58. The number of primary amides is 1. The van der Waals surface area contributed by atoms with Crippen LogP contribution in [0.3, 0.4) is 0 Å². The minimum atomic E-state index is -0.374. The number of aromatic nitrogens is 3.